The molecule has 8 heteroatoms. The van der Waals surface area contributed by atoms with Gasteiger partial charge in [0.05, 0.1) is 16.5 Å². The number of fused-ring (bicyclic) bond motifs is 1. The van der Waals surface area contributed by atoms with E-state index in [1.165, 1.54) is 4.90 Å². The van der Waals surface area contributed by atoms with Crippen LogP contribution in [0.3, 0.4) is 0 Å². The first-order valence-electron chi connectivity index (χ1n) is 14.6. The SMILES string of the molecule is C[C@@H]1CCCC[C@@]1(O)CCc1cc(CC2CCOCC2)cc2c(=O)c(C(=O)N(C)Cc3ccc(Cl)cc3)n[nH]c12. The van der Waals surface area contributed by atoms with Gasteiger partial charge in [-0.3, -0.25) is 14.7 Å². The third kappa shape index (κ3) is 6.42. The minimum Gasteiger partial charge on any atom is -0.390 e. The number of ether oxygens (including phenoxy) is 1. The summed E-state index contributed by atoms with van der Waals surface area (Å²) >= 11 is 5.99. The van der Waals surface area contributed by atoms with Gasteiger partial charge in [-0.05, 0) is 91.7 Å². The maximum Gasteiger partial charge on any atom is 0.278 e. The summed E-state index contributed by atoms with van der Waals surface area (Å²) in [5.41, 5.74) is 2.46. The number of aryl methyl sites for hydroxylation is 1. The summed E-state index contributed by atoms with van der Waals surface area (Å²) in [5, 5.41) is 19.9. The van der Waals surface area contributed by atoms with Crippen molar-refractivity contribution >= 4 is 28.4 Å². The van der Waals surface area contributed by atoms with Crippen molar-refractivity contribution < 1.29 is 14.6 Å². The zero-order valence-corrected chi connectivity index (χ0v) is 24.3. The van der Waals surface area contributed by atoms with Crippen LogP contribution < -0.4 is 5.43 Å². The van der Waals surface area contributed by atoms with Crippen LogP contribution in [0.1, 0.15) is 79.0 Å². The van der Waals surface area contributed by atoms with E-state index >= 15 is 0 Å². The maximum absolute atomic E-state index is 13.8. The van der Waals surface area contributed by atoms with Gasteiger partial charge >= 0.3 is 0 Å². The van der Waals surface area contributed by atoms with Gasteiger partial charge < -0.3 is 14.7 Å². The molecule has 2 fully saturated rings. The van der Waals surface area contributed by atoms with Crippen molar-refractivity contribution in [3.05, 3.63) is 74.0 Å². The molecule has 1 saturated heterocycles. The fourth-order valence-electron chi connectivity index (χ4n) is 6.35. The normalized spacial score (nSPS) is 21.9. The second kappa shape index (κ2) is 12.4. The molecule has 214 valence electrons. The number of carbonyl (C=O) groups excluding carboxylic acids is 1. The molecule has 7 nitrogen and oxygen atoms in total. The molecule has 0 spiro atoms. The molecule has 0 radical (unpaired) electrons. The second-order valence-electron chi connectivity index (χ2n) is 11.9. The molecule has 1 aromatic heterocycles. The Morgan fingerprint density at radius 2 is 1.90 bits per heavy atom. The van der Waals surface area contributed by atoms with Gasteiger partial charge in [0.15, 0.2) is 5.69 Å². The molecule has 5 rings (SSSR count). The van der Waals surface area contributed by atoms with Crippen molar-refractivity contribution in [1.29, 1.82) is 0 Å². The van der Waals surface area contributed by atoms with Crippen molar-refractivity contribution in [1.82, 2.24) is 15.1 Å². The summed E-state index contributed by atoms with van der Waals surface area (Å²) in [6, 6.07) is 11.4. The lowest BCUT2D eigenvalue weighted by Gasteiger charge is -2.38. The first-order chi connectivity index (χ1) is 19.2. The molecule has 1 amide bonds. The van der Waals surface area contributed by atoms with Gasteiger partial charge in [0.1, 0.15) is 0 Å². The van der Waals surface area contributed by atoms with Crippen molar-refractivity contribution in [3.8, 4) is 0 Å². The number of benzene rings is 2. The highest BCUT2D eigenvalue weighted by Gasteiger charge is 2.35. The van der Waals surface area contributed by atoms with E-state index in [4.69, 9.17) is 16.3 Å². The van der Waals surface area contributed by atoms with Crippen molar-refractivity contribution in [2.45, 2.75) is 76.9 Å². The number of nitrogens with zero attached hydrogens (tertiary/aromatic N) is 2. The Morgan fingerprint density at radius 3 is 2.62 bits per heavy atom. The predicted octanol–water partition coefficient (Wildman–Crippen LogP) is 5.69. The minimum absolute atomic E-state index is 0.113. The Hall–Kier alpha value is -2.74. The molecule has 2 atom stereocenters. The fraction of sp³-hybridized carbons (Fsp3) is 0.531. The van der Waals surface area contributed by atoms with E-state index in [0.717, 1.165) is 74.8 Å². The molecular formula is C32H40ClN3O4. The number of aromatic nitrogens is 2. The third-order valence-corrected chi connectivity index (χ3v) is 9.26. The Kier molecular flexibility index (Phi) is 8.93. The topological polar surface area (TPSA) is 95.5 Å². The number of amides is 1. The molecule has 0 bridgehead atoms. The Balaban J connectivity index is 1.46. The smallest absolute Gasteiger partial charge is 0.278 e. The number of hydrogen-bond acceptors (Lipinski definition) is 5. The van der Waals surface area contributed by atoms with Crippen LogP contribution in [-0.4, -0.2) is 52.0 Å². The minimum atomic E-state index is -0.699. The highest BCUT2D eigenvalue weighted by Crippen LogP contribution is 2.37. The monoisotopic (exact) mass is 565 g/mol. The largest absolute Gasteiger partial charge is 0.390 e. The lowest BCUT2D eigenvalue weighted by Crippen LogP contribution is -2.39. The molecule has 2 aromatic carbocycles. The summed E-state index contributed by atoms with van der Waals surface area (Å²) in [7, 11) is 1.67. The molecule has 3 aromatic rings. The summed E-state index contributed by atoms with van der Waals surface area (Å²) in [5.74, 6) is 0.310. The lowest BCUT2D eigenvalue weighted by atomic mass is 9.73. The van der Waals surface area contributed by atoms with E-state index in [9.17, 15) is 14.7 Å². The summed E-state index contributed by atoms with van der Waals surface area (Å²) in [4.78, 5) is 28.6. The zero-order valence-electron chi connectivity index (χ0n) is 23.5. The predicted molar refractivity (Wildman–Crippen MR) is 158 cm³/mol. The van der Waals surface area contributed by atoms with Gasteiger partial charge in [0.25, 0.3) is 5.91 Å². The van der Waals surface area contributed by atoms with Crippen molar-refractivity contribution in [2.24, 2.45) is 11.8 Å². The number of hydrogen-bond donors (Lipinski definition) is 2. The van der Waals surface area contributed by atoms with Gasteiger partial charge in [0.2, 0.25) is 5.43 Å². The number of H-pyrrole nitrogens is 1. The number of halogens is 1. The lowest BCUT2D eigenvalue weighted by molar-refractivity contribution is -0.0475. The first kappa shape index (κ1) is 28.8. The number of carbonyl (C=O) groups is 1. The Labute approximate surface area is 240 Å². The van der Waals surface area contributed by atoms with Crippen LogP contribution in [0, 0.1) is 11.8 Å². The van der Waals surface area contributed by atoms with Crippen LogP contribution in [0.25, 0.3) is 10.9 Å². The van der Waals surface area contributed by atoms with Gasteiger partial charge in [-0.25, -0.2) is 0 Å². The van der Waals surface area contributed by atoms with Crippen molar-refractivity contribution in [2.75, 3.05) is 20.3 Å². The number of rotatable bonds is 8. The molecule has 1 aliphatic heterocycles. The van der Waals surface area contributed by atoms with E-state index in [-0.39, 0.29) is 17.0 Å². The molecule has 2 aliphatic rings. The molecule has 2 N–H and O–H groups in total. The Morgan fingerprint density at radius 1 is 1.15 bits per heavy atom. The summed E-state index contributed by atoms with van der Waals surface area (Å²) in [6.45, 7) is 4.00. The fourth-order valence-corrected chi connectivity index (χ4v) is 6.47. The van der Waals surface area contributed by atoms with Crippen LogP contribution in [0.2, 0.25) is 5.02 Å². The van der Waals surface area contributed by atoms with Crippen molar-refractivity contribution in [3.63, 3.8) is 0 Å². The molecule has 2 heterocycles. The number of nitrogens with one attached hydrogen (secondary N) is 1. The van der Waals surface area contributed by atoms with Crippen LogP contribution in [-0.2, 0) is 24.1 Å². The molecule has 1 saturated carbocycles. The van der Waals surface area contributed by atoms with E-state index in [1.807, 2.05) is 18.2 Å². The number of aromatic amines is 1. The quantitative estimate of drug-likeness (QED) is 0.366. The zero-order chi connectivity index (χ0) is 28.3. The highest BCUT2D eigenvalue weighted by molar-refractivity contribution is 6.30. The molecule has 0 unspecified atom stereocenters. The van der Waals surface area contributed by atoms with E-state index < -0.39 is 11.5 Å². The van der Waals surface area contributed by atoms with Gasteiger partial charge in [-0.1, -0.05) is 49.6 Å². The maximum atomic E-state index is 13.8. The van der Waals surface area contributed by atoms with Crippen LogP contribution in [0.15, 0.2) is 41.2 Å². The second-order valence-corrected chi connectivity index (χ2v) is 12.3. The average molecular weight is 566 g/mol. The first-order valence-corrected chi connectivity index (χ1v) is 15.0. The number of aliphatic hydroxyl groups is 1. The summed E-state index contributed by atoms with van der Waals surface area (Å²) in [6.07, 6.45) is 8.17. The third-order valence-electron chi connectivity index (χ3n) is 9.01. The van der Waals surface area contributed by atoms with Gasteiger partial charge in [0, 0.05) is 31.8 Å². The molecule has 40 heavy (non-hydrogen) atoms. The van der Waals surface area contributed by atoms with Crippen LogP contribution in [0.5, 0.6) is 0 Å². The van der Waals surface area contributed by atoms with E-state index in [2.05, 4.69) is 23.2 Å². The average Bonchev–Trinajstić information content (AvgIpc) is 2.95. The molecular weight excluding hydrogens is 526 g/mol. The molecule has 1 aliphatic carbocycles. The van der Waals surface area contributed by atoms with E-state index in [0.29, 0.717) is 41.2 Å². The van der Waals surface area contributed by atoms with Gasteiger partial charge in [-0.15, -0.1) is 0 Å². The van der Waals surface area contributed by atoms with Crippen LogP contribution >= 0.6 is 11.6 Å². The van der Waals surface area contributed by atoms with Gasteiger partial charge in [-0.2, -0.15) is 5.10 Å². The van der Waals surface area contributed by atoms with Crippen LogP contribution in [0.4, 0.5) is 0 Å². The summed E-state index contributed by atoms with van der Waals surface area (Å²) < 4.78 is 5.55. The highest BCUT2D eigenvalue weighted by atomic mass is 35.5. The Bertz CT molecular complexity index is 1400. The standard InChI is InChI=1S/C32H40ClN3O4/c1-21-5-3-4-13-32(21,39)14-10-25-18-24(17-22-11-15-40-16-12-22)19-27-28(25)34-35-29(30(27)37)31(38)36(2)20-23-6-8-26(33)9-7-23/h6-9,18-19,21-22,39H,3-5,10-17,20H2,1-2H3,(H,34,37)/t21-,32-/m1/s1. The van der Waals surface area contributed by atoms with E-state index in [1.54, 1.807) is 19.2 Å².